The number of amides is 1. The third kappa shape index (κ3) is 0.906. The van der Waals surface area contributed by atoms with E-state index in [1.165, 1.54) is 0 Å². The maximum Gasteiger partial charge on any atom is 0.253 e. The zero-order valence-corrected chi connectivity index (χ0v) is 6.56. The smallest absolute Gasteiger partial charge is 0.253 e. The molecule has 64 valence electrons. The Labute approximate surface area is 69.3 Å². The summed E-state index contributed by atoms with van der Waals surface area (Å²) in [6.45, 7) is 0. The van der Waals surface area contributed by atoms with Crippen LogP contribution in [-0.4, -0.2) is 17.6 Å². The minimum Gasteiger partial charge on any atom is -0.358 e. The number of fused-ring (bicyclic) bond motifs is 1. The molecule has 12 heavy (non-hydrogen) atoms. The zero-order chi connectivity index (χ0) is 8.60. The van der Waals surface area contributed by atoms with Crippen molar-refractivity contribution in [3.05, 3.63) is 10.4 Å². The van der Waals surface area contributed by atoms with Crippen LogP contribution >= 0.6 is 0 Å². The molecular formula is C7H9N3O2. The van der Waals surface area contributed by atoms with Gasteiger partial charge in [0.1, 0.15) is 0 Å². The third-order valence-corrected chi connectivity index (χ3v) is 2.58. The van der Waals surface area contributed by atoms with Gasteiger partial charge >= 0.3 is 0 Å². The minimum absolute atomic E-state index is 0.0317. The summed E-state index contributed by atoms with van der Waals surface area (Å²) in [7, 11) is 0. The summed E-state index contributed by atoms with van der Waals surface area (Å²) in [6, 6.07) is 0. The van der Waals surface area contributed by atoms with Gasteiger partial charge in [0, 0.05) is 4.91 Å². The van der Waals surface area contributed by atoms with Crippen molar-refractivity contribution in [1.82, 2.24) is 0 Å². The predicted molar refractivity (Wildman–Crippen MR) is 40.2 cm³/mol. The van der Waals surface area contributed by atoms with E-state index in [0.717, 1.165) is 25.7 Å². The van der Waals surface area contributed by atoms with Crippen molar-refractivity contribution in [3.8, 4) is 0 Å². The van der Waals surface area contributed by atoms with Crippen LogP contribution in [0.5, 0.6) is 0 Å². The fraction of sp³-hybridized carbons (Fsp3) is 0.857. The molecule has 1 amide bonds. The van der Waals surface area contributed by atoms with Crippen molar-refractivity contribution in [1.29, 1.82) is 0 Å². The second kappa shape index (κ2) is 2.47. The van der Waals surface area contributed by atoms with Crippen molar-refractivity contribution in [2.45, 2.75) is 37.4 Å². The molecule has 0 aromatic rings. The number of rotatable bonds is 1. The average molecular weight is 167 g/mol. The Morgan fingerprint density at radius 2 is 2.50 bits per heavy atom. The molecule has 1 saturated carbocycles. The minimum atomic E-state index is -0.704. The van der Waals surface area contributed by atoms with Gasteiger partial charge in [0.25, 0.3) is 5.91 Å². The first kappa shape index (κ1) is 7.58. The van der Waals surface area contributed by atoms with Gasteiger partial charge in [-0.1, -0.05) is 6.42 Å². The third-order valence-electron chi connectivity index (χ3n) is 2.58. The molecule has 1 saturated heterocycles. The monoisotopic (exact) mass is 167 g/mol. The highest BCUT2D eigenvalue weighted by Gasteiger charge is 2.62. The van der Waals surface area contributed by atoms with Crippen LogP contribution in [0.2, 0.25) is 0 Å². The van der Waals surface area contributed by atoms with E-state index in [9.17, 15) is 4.79 Å². The van der Waals surface area contributed by atoms with Crippen LogP contribution in [-0.2, 0) is 9.53 Å². The molecule has 1 aliphatic heterocycles. The summed E-state index contributed by atoms with van der Waals surface area (Å²) in [6.07, 6.45) is 3.77. The van der Waals surface area contributed by atoms with Gasteiger partial charge < -0.3 is 4.74 Å². The molecule has 5 nitrogen and oxygen atoms in total. The van der Waals surface area contributed by atoms with Gasteiger partial charge in [-0.2, -0.15) is 0 Å². The lowest BCUT2D eigenvalue weighted by Crippen LogP contribution is -2.28. The van der Waals surface area contributed by atoms with E-state index >= 15 is 0 Å². The fourth-order valence-corrected chi connectivity index (χ4v) is 1.87. The number of hydrogen-bond donors (Lipinski definition) is 0. The van der Waals surface area contributed by atoms with Crippen LogP contribution in [0.15, 0.2) is 5.11 Å². The normalized spacial score (nSPS) is 37.8. The summed E-state index contributed by atoms with van der Waals surface area (Å²) in [5.41, 5.74) is 7.38. The van der Waals surface area contributed by atoms with Crippen molar-refractivity contribution in [2.24, 2.45) is 5.11 Å². The highest BCUT2D eigenvalue weighted by Crippen LogP contribution is 2.48. The van der Waals surface area contributed by atoms with Gasteiger partial charge in [0.05, 0.1) is 6.10 Å². The Hall–Kier alpha value is -1.06. The number of epoxide rings is 1. The SMILES string of the molecule is [N-]=[N+]=NC(=O)C12CCCCC1O2. The second-order valence-electron chi connectivity index (χ2n) is 3.24. The Bertz CT molecular complexity index is 272. The van der Waals surface area contributed by atoms with E-state index in [1.54, 1.807) is 0 Å². The second-order valence-corrected chi connectivity index (χ2v) is 3.24. The Morgan fingerprint density at radius 1 is 1.67 bits per heavy atom. The van der Waals surface area contributed by atoms with Crippen molar-refractivity contribution >= 4 is 5.91 Å². The van der Waals surface area contributed by atoms with Gasteiger partial charge in [0.2, 0.25) is 0 Å². The number of nitrogens with zero attached hydrogens (tertiary/aromatic N) is 3. The van der Waals surface area contributed by atoms with Crippen LogP contribution in [0.3, 0.4) is 0 Å². The van der Waals surface area contributed by atoms with Crippen LogP contribution in [0.1, 0.15) is 25.7 Å². The first-order chi connectivity index (χ1) is 5.79. The van der Waals surface area contributed by atoms with Crippen LogP contribution in [0.4, 0.5) is 0 Å². The standard InChI is InChI=1S/C7H9N3O2/c8-10-9-6(11)7-4-2-1-3-5(7)12-7/h5H,1-4H2. The largest absolute Gasteiger partial charge is 0.358 e. The van der Waals surface area contributed by atoms with Gasteiger partial charge in [-0.3, -0.25) is 4.79 Å². The summed E-state index contributed by atoms with van der Waals surface area (Å²) in [5, 5.41) is 3.08. The number of carbonyl (C=O) groups is 1. The molecule has 1 aliphatic carbocycles. The molecule has 2 fully saturated rings. The molecule has 0 radical (unpaired) electrons. The molecule has 0 bridgehead atoms. The molecule has 0 N–H and O–H groups in total. The molecule has 0 spiro atoms. The van der Waals surface area contributed by atoms with E-state index < -0.39 is 11.5 Å². The Morgan fingerprint density at radius 3 is 3.17 bits per heavy atom. The van der Waals surface area contributed by atoms with Crippen molar-refractivity contribution < 1.29 is 9.53 Å². The maximum absolute atomic E-state index is 11.2. The number of hydrogen-bond acceptors (Lipinski definition) is 2. The first-order valence-electron chi connectivity index (χ1n) is 4.07. The first-order valence-corrected chi connectivity index (χ1v) is 4.07. The molecule has 0 aromatic carbocycles. The van der Waals surface area contributed by atoms with E-state index in [1.807, 2.05) is 0 Å². The van der Waals surface area contributed by atoms with E-state index in [0.29, 0.717) is 0 Å². The number of ether oxygens (including phenoxy) is 1. The molecule has 2 aliphatic rings. The van der Waals surface area contributed by atoms with Gasteiger partial charge in [-0.25, -0.2) is 0 Å². The summed E-state index contributed by atoms with van der Waals surface area (Å²) < 4.78 is 5.27. The lowest BCUT2D eigenvalue weighted by molar-refractivity contribution is -0.123. The highest BCUT2D eigenvalue weighted by atomic mass is 16.6. The Kier molecular flexibility index (Phi) is 1.56. The predicted octanol–water partition coefficient (Wildman–Crippen LogP) is 1.53. The van der Waals surface area contributed by atoms with E-state index in [4.69, 9.17) is 10.3 Å². The molecular weight excluding hydrogens is 158 g/mol. The molecule has 5 heteroatoms. The Balaban J connectivity index is 2.13. The zero-order valence-electron chi connectivity index (χ0n) is 6.56. The molecule has 0 aromatic heterocycles. The van der Waals surface area contributed by atoms with Crippen LogP contribution in [0, 0.1) is 0 Å². The van der Waals surface area contributed by atoms with Crippen molar-refractivity contribution in [3.63, 3.8) is 0 Å². The van der Waals surface area contributed by atoms with E-state index in [-0.39, 0.29) is 6.10 Å². The van der Waals surface area contributed by atoms with Crippen LogP contribution < -0.4 is 0 Å². The summed E-state index contributed by atoms with van der Waals surface area (Å²) in [5.74, 6) is -0.435. The topological polar surface area (TPSA) is 78.4 Å². The quantitative estimate of drug-likeness (QED) is 0.257. The van der Waals surface area contributed by atoms with Gasteiger partial charge in [-0.15, -0.1) is 0 Å². The van der Waals surface area contributed by atoms with Gasteiger partial charge in [0.15, 0.2) is 5.60 Å². The van der Waals surface area contributed by atoms with E-state index in [2.05, 4.69) is 10.0 Å². The average Bonchev–Trinajstić information content (AvgIpc) is 2.79. The summed E-state index contributed by atoms with van der Waals surface area (Å²) in [4.78, 5) is 13.7. The number of azide groups is 1. The maximum atomic E-state index is 11.2. The van der Waals surface area contributed by atoms with Crippen LogP contribution in [0.25, 0.3) is 10.4 Å². The lowest BCUT2D eigenvalue weighted by atomic mass is 9.89. The highest BCUT2D eigenvalue weighted by molar-refractivity contribution is 5.89. The van der Waals surface area contributed by atoms with Gasteiger partial charge in [-0.05, 0) is 29.9 Å². The lowest BCUT2D eigenvalue weighted by Gasteiger charge is -2.12. The molecule has 2 atom stereocenters. The fourth-order valence-electron chi connectivity index (χ4n) is 1.87. The molecule has 2 rings (SSSR count). The molecule has 1 heterocycles. The molecule has 2 unspecified atom stereocenters. The number of carbonyl (C=O) groups excluding carboxylic acids is 1. The summed E-state index contributed by atoms with van der Waals surface area (Å²) >= 11 is 0. The van der Waals surface area contributed by atoms with Crippen molar-refractivity contribution in [2.75, 3.05) is 0 Å².